The number of aryl methyl sites for hydroxylation is 1. The van der Waals surface area contributed by atoms with E-state index in [4.69, 9.17) is 4.42 Å². The number of ketones is 1. The first-order valence-corrected chi connectivity index (χ1v) is 5.75. The van der Waals surface area contributed by atoms with Crippen molar-refractivity contribution in [2.75, 3.05) is 0 Å². The van der Waals surface area contributed by atoms with Crippen LogP contribution in [0, 0.1) is 6.92 Å². The predicted octanol–water partition coefficient (Wildman–Crippen LogP) is 1.49. The molecule has 2 rings (SSSR count). The maximum atomic E-state index is 12.1. The summed E-state index contributed by atoms with van der Waals surface area (Å²) in [5.74, 6) is -1.30. The molecule has 0 aliphatic rings. The zero-order valence-corrected chi connectivity index (χ0v) is 10.6. The molecule has 0 spiro atoms. The standard InChI is InChI=1S/C14H12O6/c1-7-2-8(15)4-11(17)14(7)12(18)6-10-3-9(16)5-13(19)20-10/h2-5,15-17H,6H2,1H3. The maximum absolute atomic E-state index is 12.1. The minimum Gasteiger partial charge on any atom is -0.508 e. The lowest BCUT2D eigenvalue weighted by Gasteiger charge is -2.08. The molecule has 1 heterocycles. The summed E-state index contributed by atoms with van der Waals surface area (Å²) in [6.45, 7) is 1.56. The molecule has 0 fully saturated rings. The molecule has 0 aliphatic heterocycles. The summed E-state index contributed by atoms with van der Waals surface area (Å²) in [7, 11) is 0. The van der Waals surface area contributed by atoms with E-state index in [1.165, 1.54) is 6.07 Å². The van der Waals surface area contributed by atoms with Gasteiger partial charge in [-0.15, -0.1) is 0 Å². The van der Waals surface area contributed by atoms with E-state index >= 15 is 0 Å². The van der Waals surface area contributed by atoms with E-state index in [-0.39, 0.29) is 35.0 Å². The molecule has 2 aromatic rings. The van der Waals surface area contributed by atoms with Gasteiger partial charge in [-0.25, -0.2) is 4.79 Å². The van der Waals surface area contributed by atoms with Crippen LogP contribution in [0.5, 0.6) is 17.2 Å². The molecule has 0 amide bonds. The monoisotopic (exact) mass is 276 g/mol. The molecule has 6 heteroatoms. The van der Waals surface area contributed by atoms with E-state index < -0.39 is 11.4 Å². The van der Waals surface area contributed by atoms with Crippen molar-refractivity contribution in [1.29, 1.82) is 0 Å². The number of Topliss-reactive ketones (excluding diaryl/α,β-unsaturated/α-hetero) is 1. The van der Waals surface area contributed by atoms with Crippen molar-refractivity contribution >= 4 is 5.78 Å². The van der Waals surface area contributed by atoms with Gasteiger partial charge in [0, 0.05) is 12.1 Å². The van der Waals surface area contributed by atoms with Gasteiger partial charge in [0.05, 0.1) is 18.1 Å². The second-order valence-corrected chi connectivity index (χ2v) is 4.36. The molecule has 0 unspecified atom stereocenters. The highest BCUT2D eigenvalue weighted by Gasteiger charge is 2.17. The van der Waals surface area contributed by atoms with Gasteiger partial charge in [0.1, 0.15) is 23.0 Å². The predicted molar refractivity (Wildman–Crippen MR) is 69.2 cm³/mol. The summed E-state index contributed by atoms with van der Waals surface area (Å²) < 4.78 is 4.79. The number of benzene rings is 1. The summed E-state index contributed by atoms with van der Waals surface area (Å²) >= 11 is 0. The smallest absolute Gasteiger partial charge is 0.339 e. The Balaban J connectivity index is 2.35. The van der Waals surface area contributed by atoms with Crippen LogP contribution < -0.4 is 5.63 Å². The van der Waals surface area contributed by atoms with Crippen molar-refractivity contribution in [3.05, 3.63) is 51.6 Å². The average Bonchev–Trinajstić information content (AvgIpc) is 2.25. The second kappa shape index (κ2) is 5.08. The quantitative estimate of drug-likeness (QED) is 0.733. The molecule has 20 heavy (non-hydrogen) atoms. The Kier molecular flexibility index (Phi) is 3.47. The van der Waals surface area contributed by atoms with Crippen LogP contribution >= 0.6 is 0 Å². The minimum absolute atomic E-state index is 0.00752. The highest BCUT2D eigenvalue weighted by atomic mass is 16.4. The Morgan fingerprint density at radius 2 is 1.75 bits per heavy atom. The zero-order valence-electron chi connectivity index (χ0n) is 10.6. The first-order chi connectivity index (χ1) is 9.36. The van der Waals surface area contributed by atoms with Crippen LogP contribution in [0.15, 0.2) is 33.5 Å². The van der Waals surface area contributed by atoms with Crippen LogP contribution in [0.25, 0.3) is 0 Å². The van der Waals surface area contributed by atoms with Gasteiger partial charge in [0.15, 0.2) is 5.78 Å². The van der Waals surface area contributed by atoms with Crippen molar-refractivity contribution in [2.45, 2.75) is 13.3 Å². The molecule has 0 radical (unpaired) electrons. The fourth-order valence-electron chi connectivity index (χ4n) is 1.96. The van der Waals surface area contributed by atoms with Crippen LogP contribution in [0.2, 0.25) is 0 Å². The van der Waals surface area contributed by atoms with Crippen molar-refractivity contribution < 1.29 is 24.5 Å². The first kappa shape index (κ1) is 13.7. The van der Waals surface area contributed by atoms with E-state index in [1.54, 1.807) is 6.92 Å². The highest BCUT2D eigenvalue weighted by Crippen LogP contribution is 2.28. The van der Waals surface area contributed by atoms with Crippen molar-refractivity contribution in [3.63, 3.8) is 0 Å². The number of rotatable bonds is 3. The fourth-order valence-corrected chi connectivity index (χ4v) is 1.96. The van der Waals surface area contributed by atoms with Gasteiger partial charge in [-0.2, -0.15) is 0 Å². The molecular formula is C14H12O6. The molecule has 0 atom stereocenters. The highest BCUT2D eigenvalue weighted by molar-refractivity contribution is 6.01. The van der Waals surface area contributed by atoms with Gasteiger partial charge >= 0.3 is 5.63 Å². The van der Waals surface area contributed by atoms with Gasteiger partial charge < -0.3 is 19.7 Å². The normalized spacial score (nSPS) is 10.4. The zero-order chi connectivity index (χ0) is 14.9. The lowest BCUT2D eigenvalue weighted by atomic mass is 10.00. The van der Waals surface area contributed by atoms with Gasteiger partial charge in [-0.05, 0) is 18.6 Å². The average molecular weight is 276 g/mol. The summed E-state index contributed by atoms with van der Waals surface area (Å²) in [4.78, 5) is 23.2. The maximum Gasteiger partial charge on any atom is 0.339 e. The van der Waals surface area contributed by atoms with Crippen LogP contribution in [0.4, 0.5) is 0 Å². The first-order valence-electron chi connectivity index (χ1n) is 5.75. The number of phenolic OH excluding ortho intramolecular Hbond substituents is 2. The van der Waals surface area contributed by atoms with E-state index in [0.717, 1.165) is 18.2 Å². The number of phenols is 2. The van der Waals surface area contributed by atoms with E-state index in [9.17, 15) is 24.9 Å². The van der Waals surface area contributed by atoms with Gasteiger partial charge in [0.25, 0.3) is 0 Å². The third-order valence-electron chi connectivity index (χ3n) is 2.72. The van der Waals surface area contributed by atoms with Gasteiger partial charge in [-0.3, -0.25) is 4.79 Å². The topological polar surface area (TPSA) is 108 Å². The van der Waals surface area contributed by atoms with Crippen LogP contribution in [0.1, 0.15) is 21.7 Å². The van der Waals surface area contributed by atoms with Crippen LogP contribution in [-0.2, 0) is 6.42 Å². The van der Waals surface area contributed by atoms with E-state index in [2.05, 4.69) is 0 Å². The summed E-state index contributed by atoms with van der Waals surface area (Å²) in [6, 6.07) is 4.44. The number of hydrogen-bond acceptors (Lipinski definition) is 6. The molecule has 6 nitrogen and oxygen atoms in total. The molecule has 104 valence electrons. The lowest BCUT2D eigenvalue weighted by Crippen LogP contribution is -2.08. The Hall–Kier alpha value is -2.76. The molecule has 3 N–H and O–H groups in total. The van der Waals surface area contributed by atoms with Gasteiger partial charge in [-0.1, -0.05) is 0 Å². The number of carbonyl (C=O) groups excluding carboxylic acids is 1. The van der Waals surface area contributed by atoms with Crippen molar-refractivity contribution in [3.8, 4) is 17.2 Å². The molecule has 1 aromatic carbocycles. The largest absolute Gasteiger partial charge is 0.508 e. The minimum atomic E-state index is -0.764. The van der Waals surface area contributed by atoms with Crippen LogP contribution in [0.3, 0.4) is 0 Å². The number of aromatic hydroxyl groups is 3. The molecular weight excluding hydrogens is 264 g/mol. The van der Waals surface area contributed by atoms with Crippen molar-refractivity contribution in [1.82, 2.24) is 0 Å². The third kappa shape index (κ3) is 2.80. The summed E-state index contributed by atoms with van der Waals surface area (Å²) in [6.07, 6.45) is -0.289. The molecule has 0 saturated heterocycles. The molecule has 0 aliphatic carbocycles. The van der Waals surface area contributed by atoms with Crippen molar-refractivity contribution in [2.24, 2.45) is 0 Å². The Morgan fingerprint density at radius 3 is 2.35 bits per heavy atom. The second-order valence-electron chi connectivity index (χ2n) is 4.36. The number of carbonyl (C=O) groups is 1. The Labute approximate surface area is 113 Å². The SMILES string of the molecule is Cc1cc(O)cc(O)c1C(=O)Cc1cc(O)cc(=O)o1. The number of hydrogen-bond donors (Lipinski definition) is 3. The third-order valence-corrected chi connectivity index (χ3v) is 2.72. The van der Waals surface area contributed by atoms with Crippen LogP contribution in [-0.4, -0.2) is 21.1 Å². The lowest BCUT2D eigenvalue weighted by molar-refractivity contribution is 0.0982. The van der Waals surface area contributed by atoms with Gasteiger partial charge in [0.2, 0.25) is 0 Å². The molecule has 0 bridgehead atoms. The van der Waals surface area contributed by atoms with E-state index in [0.29, 0.717) is 5.56 Å². The molecule has 1 aromatic heterocycles. The Bertz CT molecular complexity index is 706. The molecule has 0 saturated carbocycles. The summed E-state index contributed by atoms with van der Waals surface area (Å²) in [5.41, 5.74) is -0.330. The Morgan fingerprint density at radius 1 is 1.10 bits per heavy atom. The summed E-state index contributed by atoms with van der Waals surface area (Å²) in [5, 5.41) is 28.3. The fraction of sp³-hybridized carbons (Fsp3) is 0.143. The van der Waals surface area contributed by atoms with E-state index in [1.807, 2.05) is 0 Å².